The van der Waals surface area contributed by atoms with Gasteiger partial charge in [0.2, 0.25) is 0 Å². The standard InChI is InChI=1S/C16H11I/c17-14-8-12-6-4-10-2-1-3-11-5-7-13(9-14)16(12)15(10)11/h1-8,14H,9H2. The van der Waals surface area contributed by atoms with Gasteiger partial charge in [-0.25, -0.2) is 0 Å². The third kappa shape index (κ3) is 1.35. The van der Waals surface area contributed by atoms with Crippen molar-refractivity contribution < 1.29 is 0 Å². The first-order chi connectivity index (χ1) is 8.33. The van der Waals surface area contributed by atoms with Crippen molar-refractivity contribution in [2.45, 2.75) is 10.3 Å². The van der Waals surface area contributed by atoms with Crippen LogP contribution >= 0.6 is 22.6 Å². The molecule has 0 fully saturated rings. The lowest BCUT2D eigenvalue weighted by molar-refractivity contribution is 1.08. The van der Waals surface area contributed by atoms with Crippen LogP contribution in [0.2, 0.25) is 0 Å². The molecule has 4 rings (SSSR count). The van der Waals surface area contributed by atoms with Crippen LogP contribution in [-0.2, 0) is 6.42 Å². The van der Waals surface area contributed by atoms with Gasteiger partial charge in [-0.2, -0.15) is 0 Å². The predicted octanol–water partition coefficient (Wildman–Crippen LogP) is 3.85. The Labute approximate surface area is 113 Å². The van der Waals surface area contributed by atoms with Gasteiger partial charge in [-0.3, -0.25) is 0 Å². The molecule has 0 radical (unpaired) electrons. The Kier molecular flexibility index (Phi) is 2.01. The first kappa shape index (κ1) is 9.89. The number of rotatable bonds is 0. The van der Waals surface area contributed by atoms with Crippen molar-refractivity contribution in [2.24, 2.45) is 0 Å². The molecule has 3 aromatic rings. The van der Waals surface area contributed by atoms with Gasteiger partial charge in [0.1, 0.15) is 0 Å². The van der Waals surface area contributed by atoms with Gasteiger partial charge in [0.05, 0.1) is 0 Å². The summed E-state index contributed by atoms with van der Waals surface area (Å²) in [6, 6.07) is 15.7. The van der Waals surface area contributed by atoms with Gasteiger partial charge in [0.15, 0.2) is 0 Å². The summed E-state index contributed by atoms with van der Waals surface area (Å²) < 4.78 is 0.627. The van der Waals surface area contributed by atoms with E-state index in [2.05, 4.69) is 71.1 Å². The van der Waals surface area contributed by atoms with Crippen LogP contribution in [0.3, 0.4) is 0 Å². The van der Waals surface area contributed by atoms with Crippen molar-refractivity contribution in [3.05, 3.63) is 53.2 Å². The molecule has 0 aliphatic heterocycles. The average molecular weight is 330 g/mol. The normalized spacial score (nSPS) is 18.5. The molecule has 0 N–H and O–H groups in total. The van der Waals surface area contributed by atoms with Crippen LogP contribution in [0.1, 0.15) is 5.56 Å². The van der Waals surface area contributed by atoms with E-state index in [1.165, 1.54) is 32.3 Å². The quantitative estimate of drug-likeness (QED) is 0.434. The van der Waals surface area contributed by atoms with E-state index in [-0.39, 0.29) is 0 Å². The van der Waals surface area contributed by atoms with Gasteiger partial charge in [-0.15, -0.1) is 0 Å². The smallest absolute Gasteiger partial charge is 0.0338 e. The molecule has 0 aromatic heterocycles. The molecule has 0 bridgehead atoms. The Balaban J connectivity index is 2.37. The number of benzene rings is 3. The summed E-state index contributed by atoms with van der Waals surface area (Å²) >= 11 is 2.53. The lowest BCUT2D eigenvalue weighted by Gasteiger charge is -2.17. The van der Waals surface area contributed by atoms with E-state index in [1.807, 2.05) is 0 Å². The van der Waals surface area contributed by atoms with Gasteiger partial charge in [-0.05, 0) is 38.7 Å². The van der Waals surface area contributed by atoms with Gasteiger partial charge in [0.25, 0.3) is 0 Å². The fourth-order valence-electron chi connectivity index (χ4n) is 2.95. The molecule has 1 unspecified atom stereocenters. The second-order valence-electron chi connectivity index (χ2n) is 4.72. The molecule has 3 aromatic carbocycles. The molecular formula is C16H11I. The summed E-state index contributed by atoms with van der Waals surface area (Å²) in [6.45, 7) is 0. The molecule has 1 aliphatic rings. The van der Waals surface area contributed by atoms with Crippen LogP contribution in [0, 0.1) is 0 Å². The van der Waals surface area contributed by atoms with Crippen molar-refractivity contribution in [3.63, 3.8) is 0 Å². The van der Waals surface area contributed by atoms with E-state index in [0.29, 0.717) is 3.92 Å². The zero-order valence-electron chi connectivity index (χ0n) is 9.28. The molecule has 0 spiro atoms. The molecule has 0 amide bonds. The minimum atomic E-state index is 0.627. The number of alkyl halides is 1. The number of halogens is 1. The zero-order chi connectivity index (χ0) is 11.4. The summed E-state index contributed by atoms with van der Waals surface area (Å²) in [5.41, 5.74) is 1.51. The Hall–Kier alpha value is -1.09. The average Bonchev–Trinajstić information content (AvgIpc) is 2.35. The van der Waals surface area contributed by atoms with E-state index in [4.69, 9.17) is 0 Å². The van der Waals surface area contributed by atoms with Gasteiger partial charge in [-0.1, -0.05) is 71.1 Å². The maximum absolute atomic E-state index is 2.53. The number of hydrogen-bond acceptors (Lipinski definition) is 0. The van der Waals surface area contributed by atoms with Crippen molar-refractivity contribution in [2.75, 3.05) is 0 Å². The van der Waals surface area contributed by atoms with Crippen LogP contribution < -0.4 is 5.22 Å². The van der Waals surface area contributed by atoms with Crippen molar-refractivity contribution >= 4 is 50.2 Å². The Bertz CT molecular complexity index is 770. The van der Waals surface area contributed by atoms with E-state index in [9.17, 15) is 0 Å². The van der Waals surface area contributed by atoms with Gasteiger partial charge >= 0.3 is 0 Å². The topological polar surface area (TPSA) is 0 Å². The fraction of sp³-hybridized carbons (Fsp3) is 0.125. The third-order valence-corrected chi connectivity index (χ3v) is 4.47. The highest BCUT2D eigenvalue weighted by molar-refractivity contribution is 14.1. The van der Waals surface area contributed by atoms with Crippen molar-refractivity contribution in [1.82, 2.24) is 0 Å². The maximum atomic E-state index is 2.53. The third-order valence-electron chi connectivity index (χ3n) is 3.67. The van der Waals surface area contributed by atoms with E-state index in [0.717, 1.165) is 6.42 Å². The molecule has 1 aliphatic carbocycles. The van der Waals surface area contributed by atoms with Crippen LogP contribution in [0.4, 0.5) is 0 Å². The van der Waals surface area contributed by atoms with E-state index >= 15 is 0 Å². The Morgan fingerprint density at radius 1 is 0.882 bits per heavy atom. The monoisotopic (exact) mass is 330 g/mol. The highest BCUT2D eigenvalue weighted by atomic mass is 127. The molecule has 0 saturated heterocycles. The van der Waals surface area contributed by atoms with Crippen LogP contribution in [0.25, 0.3) is 27.6 Å². The van der Waals surface area contributed by atoms with Crippen molar-refractivity contribution in [1.29, 1.82) is 0 Å². The lowest BCUT2D eigenvalue weighted by Crippen LogP contribution is -2.16. The summed E-state index contributed by atoms with van der Waals surface area (Å²) in [7, 11) is 0. The van der Waals surface area contributed by atoms with Gasteiger partial charge < -0.3 is 0 Å². The van der Waals surface area contributed by atoms with Gasteiger partial charge in [0, 0.05) is 3.92 Å². The molecular weight excluding hydrogens is 319 g/mol. The summed E-state index contributed by atoms with van der Waals surface area (Å²) in [5, 5.41) is 7.07. The molecule has 1 heteroatoms. The highest BCUT2D eigenvalue weighted by Gasteiger charge is 2.14. The largest absolute Gasteiger partial charge is 0.0777 e. The fourth-order valence-corrected chi connectivity index (χ4v) is 3.82. The highest BCUT2D eigenvalue weighted by Crippen LogP contribution is 2.30. The molecule has 0 saturated carbocycles. The van der Waals surface area contributed by atoms with Crippen LogP contribution in [0.15, 0.2) is 42.5 Å². The first-order valence-electron chi connectivity index (χ1n) is 5.92. The second-order valence-corrected chi connectivity index (χ2v) is 6.32. The maximum Gasteiger partial charge on any atom is 0.0338 e. The Morgan fingerprint density at radius 2 is 1.65 bits per heavy atom. The predicted molar refractivity (Wildman–Crippen MR) is 82.6 cm³/mol. The minimum absolute atomic E-state index is 0.627. The SMILES string of the molecule is IC1C=c2ccc3cccc4ccc(c2c43)C1. The molecule has 82 valence electrons. The van der Waals surface area contributed by atoms with Crippen molar-refractivity contribution in [3.8, 4) is 0 Å². The molecule has 1 atom stereocenters. The number of hydrogen-bond donors (Lipinski definition) is 0. The second kappa shape index (κ2) is 3.45. The summed E-state index contributed by atoms with van der Waals surface area (Å²) in [5.74, 6) is 0. The molecule has 0 heterocycles. The lowest BCUT2D eigenvalue weighted by atomic mass is 9.90. The Morgan fingerprint density at radius 3 is 2.47 bits per heavy atom. The molecule has 0 nitrogen and oxygen atoms in total. The van der Waals surface area contributed by atoms with Crippen LogP contribution in [-0.4, -0.2) is 3.92 Å². The van der Waals surface area contributed by atoms with E-state index in [1.54, 1.807) is 0 Å². The summed E-state index contributed by atoms with van der Waals surface area (Å²) in [4.78, 5) is 0. The van der Waals surface area contributed by atoms with Crippen LogP contribution in [0.5, 0.6) is 0 Å². The summed E-state index contributed by atoms with van der Waals surface area (Å²) in [6.07, 6.45) is 3.56. The zero-order valence-corrected chi connectivity index (χ0v) is 11.4. The first-order valence-corrected chi connectivity index (χ1v) is 7.16. The molecule has 17 heavy (non-hydrogen) atoms. The minimum Gasteiger partial charge on any atom is -0.0777 e. The van der Waals surface area contributed by atoms with E-state index < -0.39 is 0 Å².